The van der Waals surface area contributed by atoms with Gasteiger partial charge in [0.05, 0.1) is 5.41 Å². The van der Waals surface area contributed by atoms with Crippen molar-refractivity contribution < 1.29 is 28.6 Å². The van der Waals surface area contributed by atoms with Crippen molar-refractivity contribution in [3.63, 3.8) is 0 Å². The van der Waals surface area contributed by atoms with Crippen LogP contribution in [-0.2, 0) is 19.1 Å². The first-order valence-electron chi connectivity index (χ1n) is 21.5. The molecule has 10 atom stereocenters. The normalized spacial score (nSPS) is 45.1. The highest BCUT2D eigenvalue weighted by molar-refractivity contribution is 6.14. The molecule has 8 heteroatoms. The lowest BCUT2D eigenvalue weighted by Gasteiger charge is -2.72. The van der Waals surface area contributed by atoms with E-state index in [0.29, 0.717) is 55.3 Å². The van der Waals surface area contributed by atoms with Crippen molar-refractivity contribution in [2.24, 2.45) is 62.1 Å². The Morgan fingerprint density at radius 1 is 0.907 bits per heavy atom. The van der Waals surface area contributed by atoms with E-state index in [1.807, 2.05) is 0 Å². The maximum absolute atomic E-state index is 14.0. The van der Waals surface area contributed by atoms with Gasteiger partial charge in [0.25, 0.3) is 0 Å². The smallest absolute Gasteiger partial charge is 0.331 e. The van der Waals surface area contributed by atoms with Gasteiger partial charge in [-0.05, 0) is 172 Å². The van der Waals surface area contributed by atoms with Crippen molar-refractivity contribution in [3.05, 3.63) is 35.5 Å². The van der Waals surface area contributed by atoms with Crippen molar-refractivity contribution in [2.75, 3.05) is 32.9 Å². The van der Waals surface area contributed by atoms with Gasteiger partial charge in [-0.1, -0.05) is 58.9 Å². The SMILES string of the molecule is C=C(C)[C@@H]1CC[C@]2(NCCN3CCC4(CC3)C(=O)OC4=O)CC[C@]3(C)[C@H](CC[C@@H]4[C@@]5(C)CC=C(C6=CC[C@@](CF)(C(=O)O)CC6)C(C)(C)[C@@H]5CC[C@]43C)[C@@H]12. The van der Waals surface area contributed by atoms with Crippen LogP contribution in [0.2, 0.25) is 0 Å². The summed E-state index contributed by atoms with van der Waals surface area (Å²) in [5, 5.41) is 14.1. The van der Waals surface area contributed by atoms with Gasteiger partial charge in [0.2, 0.25) is 0 Å². The molecule has 7 nitrogen and oxygen atoms in total. The van der Waals surface area contributed by atoms with Gasteiger partial charge < -0.3 is 20.1 Å². The Hall–Kier alpha value is -2.32. The topological polar surface area (TPSA) is 95.9 Å². The number of fused-ring (bicyclic) bond motifs is 7. The standard InChI is InChI=1S/C46H67FN2O5/c1-29(2)31-12-19-46(48-24-27-49-25-22-45(23-26-49)38(52)54-39(45)53)21-20-42(6)33(36(31)46)8-9-35-41(5)15-13-32(40(3,4)34(41)14-16-43(35,42)7)30-10-17-44(28-47,18-11-30)37(50)51/h10,13,31,33-36,48H,1,8-9,11-12,14-28H2,2-7H3,(H,50,51)/t31-,33+,34-,35+,36+,41-,42+,43+,44+,46-/m0/s1. The van der Waals surface area contributed by atoms with Crippen molar-refractivity contribution in [1.82, 2.24) is 10.2 Å². The summed E-state index contributed by atoms with van der Waals surface area (Å²) in [5.41, 5.74) is 2.68. The highest BCUT2D eigenvalue weighted by Gasteiger charge is 2.70. The number of cyclic esters (lactones) is 2. The molecule has 0 aromatic rings. The van der Waals surface area contributed by atoms with E-state index >= 15 is 0 Å². The second kappa shape index (κ2) is 12.8. The number of ether oxygens (including phenoxy) is 1. The number of rotatable bonds is 8. The number of hydrogen-bond acceptors (Lipinski definition) is 6. The molecule has 1 spiro atoms. The number of carboxylic acids is 1. The summed E-state index contributed by atoms with van der Waals surface area (Å²) in [6, 6.07) is 0. The molecule has 6 aliphatic carbocycles. The molecule has 2 N–H and O–H groups in total. The van der Waals surface area contributed by atoms with Crippen LogP contribution in [0.15, 0.2) is 35.5 Å². The number of likely N-dealkylation sites (tertiary alicyclic amines) is 1. The molecule has 2 saturated heterocycles. The van der Waals surface area contributed by atoms with Crippen LogP contribution in [0.4, 0.5) is 4.39 Å². The minimum absolute atomic E-state index is 0.0232. The Morgan fingerprint density at radius 2 is 1.63 bits per heavy atom. The molecule has 2 aliphatic heterocycles. The van der Waals surface area contributed by atoms with E-state index < -0.39 is 23.5 Å². The zero-order valence-corrected chi connectivity index (χ0v) is 34.1. The minimum Gasteiger partial charge on any atom is -0.481 e. The van der Waals surface area contributed by atoms with E-state index in [-0.39, 0.29) is 45.6 Å². The van der Waals surface area contributed by atoms with Crippen molar-refractivity contribution in [2.45, 2.75) is 137 Å². The molecule has 0 radical (unpaired) electrons. The maximum Gasteiger partial charge on any atom is 0.331 e. The van der Waals surface area contributed by atoms with E-state index in [2.05, 4.69) is 70.5 Å². The number of aliphatic carboxylic acids is 1. The lowest BCUT2D eigenvalue weighted by atomic mass is 9.33. The number of nitrogens with zero attached hydrogens (tertiary/aromatic N) is 1. The first-order valence-corrected chi connectivity index (χ1v) is 21.5. The lowest BCUT2D eigenvalue weighted by Crippen LogP contribution is -2.68. The zero-order valence-electron chi connectivity index (χ0n) is 34.1. The summed E-state index contributed by atoms with van der Waals surface area (Å²) in [4.78, 5) is 38.7. The van der Waals surface area contributed by atoms with E-state index in [9.17, 15) is 23.9 Å². The molecule has 54 heavy (non-hydrogen) atoms. The average molecular weight is 747 g/mol. The first kappa shape index (κ1) is 38.5. The molecule has 0 amide bonds. The molecule has 8 rings (SSSR count). The summed E-state index contributed by atoms with van der Waals surface area (Å²) >= 11 is 0. The number of carbonyl (C=O) groups excluding carboxylic acids is 2. The number of hydrogen-bond donors (Lipinski definition) is 2. The molecule has 6 fully saturated rings. The minimum atomic E-state index is -1.26. The number of nitrogens with one attached hydrogen (secondary N) is 1. The molecule has 8 aliphatic rings. The third kappa shape index (κ3) is 5.19. The number of carboxylic acid groups (broad SMARTS) is 1. The van der Waals surface area contributed by atoms with Crippen LogP contribution in [0.3, 0.4) is 0 Å². The predicted molar refractivity (Wildman–Crippen MR) is 208 cm³/mol. The zero-order chi connectivity index (χ0) is 38.7. The highest BCUT2D eigenvalue weighted by atomic mass is 19.1. The average Bonchev–Trinajstić information content (AvgIpc) is 3.52. The molecule has 2 heterocycles. The third-order valence-electron chi connectivity index (χ3n) is 18.9. The van der Waals surface area contributed by atoms with Crippen LogP contribution in [-0.4, -0.2) is 66.3 Å². The fourth-order valence-corrected chi connectivity index (χ4v) is 15.5. The summed E-state index contributed by atoms with van der Waals surface area (Å²) in [5.74, 6) is 1.31. The first-order chi connectivity index (χ1) is 25.4. The van der Waals surface area contributed by atoms with Gasteiger partial charge in [-0.15, -0.1) is 0 Å². The summed E-state index contributed by atoms with van der Waals surface area (Å²) in [6.07, 6.45) is 18.0. The summed E-state index contributed by atoms with van der Waals surface area (Å²) < 4.78 is 18.7. The van der Waals surface area contributed by atoms with Crippen molar-refractivity contribution in [3.8, 4) is 0 Å². The quantitative estimate of drug-likeness (QED) is 0.146. The monoisotopic (exact) mass is 747 g/mol. The van der Waals surface area contributed by atoms with Crippen LogP contribution >= 0.6 is 0 Å². The number of carbonyl (C=O) groups is 3. The van der Waals surface area contributed by atoms with E-state index in [4.69, 9.17) is 4.74 Å². The molecule has 0 aromatic carbocycles. The Labute approximate surface area is 323 Å². The summed E-state index contributed by atoms with van der Waals surface area (Å²) in [6.45, 7) is 22.4. The molecule has 4 saturated carbocycles. The van der Waals surface area contributed by atoms with Gasteiger partial charge in [-0.25, -0.2) is 4.39 Å². The highest BCUT2D eigenvalue weighted by Crippen LogP contribution is 2.76. The largest absolute Gasteiger partial charge is 0.481 e. The Bertz CT molecular complexity index is 1660. The van der Waals surface area contributed by atoms with Crippen molar-refractivity contribution >= 4 is 17.9 Å². The molecular weight excluding hydrogens is 680 g/mol. The summed E-state index contributed by atoms with van der Waals surface area (Å²) in [7, 11) is 0. The van der Waals surface area contributed by atoms with Gasteiger partial charge in [0.1, 0.15) is 6.67 Å². The molecule has 0 unspecified atom stereocenters. The number of alkyl halides is 1. The molecule has 0 bridgehead atoms. The van der Waals surface area contributed by atoms with Crippen LogP contribution in [0, 0.1) is 62.1 Å². The molecule has 0 aromatic heterocycles. The van der Waals surface area contributed by atoms with Gasteiger partial charge in [0, 0.05) is 18.6 Å². The van der Waals surface area contributed by atoms with Gasteiger partial charge >= 0.3 is 17.9 Å². The number of halogens is 1. The van der Waals surface area contributed by atoms with Gasteiger partial charge in [-0.2, -0.15) is 0 Å². The Morgan fingerprint density at radius 3 is 2.24 bits per heavy atom. The van der Waals surface area contributed by atoms with Gasteiger partial charge in [-0.3, -0.25) is 14.4 Å². The number of esters is 2. The van der Waals surface area contributed by atoms with Crippen LogP contribution < -0.4 is 5.32 Å². The Kier molecular flexibility index (Phi) is 9.17. The third-order valence-corrected chi connectivity index (χ3v) is 18.9. The molecular formula is C46H67FN2O5. The maximum atomic E-state index is 14.0. The number of allylic oxidation sites excluding steroid dienone is 5. The van der Waals surface area contributed by atoms with Crippen LogP contribution in [0.5, 0.6) is 0 Å². The fourth-order valence-electron chi connectivity index (χ4n) is 15.5. The van der Waals surface area contributed by atoms with Gasteiger partial charge in [0.15, 0.2) is 5.41 Å². The van der Waals surface area contributed by atoms with Crippen LogP contribution in [0.1, 0.15) is 131 Å². The van der Waals surface area contributed by atoms with Crippen molar-refractivity contribution in [1.29, 1.82) is 0 Å². The second-order valence-electron chi connectivity index (χ2n) is 21.1. The number of piperidine rings is 1. The predicted octanol–water partition coefficient (Wildman–Crippen LogP) is 8.84. The van der Waals surface area contributed by atoms with Crippen LogP contribution in [0.25, 0.3) is 0 Å². The van der Waals surface area contributed by atoms with E-state index in [1.54, 1.807) is 0 Å². The van der Waals surface area contributed by atoms with E-state index in [1.165, 1.54) is 68.1 Å². The lowest BCUT2D eigenvalue weighted by molar-refractivity contribution is -0.221. The fraction of sp³-hybridized carbons (Fsp3) is 0.804. The molecule has 298 valence electrons. The second-order valence-corrected chi connectivity index (χ2v) is 21.1. The Balaban J connectivity index is 1.01. The van der Waals surface area contributed by atoms with E-state index in [0.717, 1.165) is 32.6 Å².